The molecule has 2 aromatic carbocycles. The molecule has 1 saturated heterocycles. The number of halogens is 2. The molecule has 0 radical (unpaired) electrons. The van der Waals surface area contributed by atoms with Gasteiger partial charge in [0.25, 0.3) is 0 Å². The highest BCUT2D eigenvalue weighted by molar-refractivity contribution is 6.31. The number of aliphatic hydroxyl groups excluding tert-OH is 2. The van der Waals surface area contributed by atoms with Gasteiger partial charge in [-0.3, -0.25) is 4.90 Å². The first-order chi connectivity index (χ1) is 16.9. The lowest BCUT2D eigenvalue weighted by Gasteiger charge is -2.34. The van der Waals surface area contributed by atoms with Crippen molar-refractivity contribution in [1.29, 1.82) is 0 Å². The zero-order valence-corrected chi connectivity index (χ0v) is 20.1. The first-order valence-corrected chi connectivity index (χ1v) is 12.1. The van der Waals surface area contributed by atoms with Crippen LogP contribution in [0, 0.1) is 5.82 Å². The van der Waals surface area contributed by atoms with Crippen LogP contribution in [0.2, 0.25) is 5.02 Å². The number of hydrogen-bond acceptors (Lipinski definition) is 8. The van der Waals surface area contributed by atoms with Gasteiger partial charge in [0.15, 0.2) is 17.3 Å². The van der Waals surface area contributed by atoms with Crippen LogP contribution in [0.15, 0.2) is 36.7 Å². The molecular formula is C25H28ClFN4O4. The van der Waals surface area contributed by atoms with Gasteiger partial charge in [0.1, 0.15) is 12.1 Å². The Bertz CT molecular complexity index is 1200. The van der Waals surface area contributed by atoms with Crippen LogP contribution in [-0.4, -0.2) is 69.6 Å². The molecular weight excluding hydrogens is 475 g/mol. The van der Waals surface area contributed by atoms with E-state index in [4.69, 9.17) is 21.1 Å². The van der Waals surface area contributed by atoms with Gasteiger partial charge in [-0.05, 0) is 43.9 Å². The van der Waals surface area contributed by atoms with Crippen molar-refractivity contribution in [2.24, 2.45) is 0 Å². The van der Waals surface area contributed by atoms with Gasteiger partial charge < -0.3 is 25.0 Å². The molecule has 0 bridgehead atoms. The highest BCUT2D eigenvalue weighted by atomic mass is 35.5. The second kappa shape index (κ2) is 10.1. The summed E-state index contributed by atoms with van der Waals surface area (Å²) in [6.45, 7) is 1.03. The average Bonchev–Trinajstić information content (AvgIpc) is 3.20. The van der Waals surface area contributed by atoms with E-state index in [0.717, 1.165) is 25.7 Å². The van der Waals surface area contributed by atoms with E-state index in [-0.39, 0.29) is 16.8 Å². The van der Waals surface area contributed by atoms with Crippen LogP contribution in [0.5, 0.6) is 11.5 Å². The maximum Gasteiger partial charge on any atom is 0.165 e. The van der Waals surface area contributed by atoms with Crippen LogP contribution in [0.3, 0.4) is 0 Å². The molecule has 0 amide bonds. The number of hydrogen-bond donors (Lipinski definition) is 3. The van der Waals surface area contributed by atoms with Crippen molar-refractivity contribution in [2.75, 3.05) is 25.5 Å². The molecule has 0 unspecified atom stereocenters. The fourth-order valence-corrected chi connectivity index (χ4v) is 5.12. The van der Waals surface area contributed by atoms with Crippen molar-refractivity contribution < 1.29 is 24.1 Å². The molecule has 1 aliphatic heterocycles. The lowest BCUT2D eigenvalue weighted by Crippen LogP contribution is -2.39. The summed E-state index contributed by atoms with van der Waals surface area (Å²) in [6.07, 6.45) is 3.60. The van der Waals surface area contributed by atoms with Crippen LogP contribution in [0.4, 0.5) is 15.9 Å². The Morgan fingerprint density at radius 3 is 2.51 bits per heavy atom. The maximum atomic E-state index is 14.5. The largest absolute Gasteiger partial charge is 0.493 e. The number of likely N-dealkylation sites (tertiary alicyclic amines) is 1. The Morgan fingerprint density at radius 2 is 1.80 bits per heavy atom. The molecule has 35 heavy (non-hydrogen) atoms. The summed E-state index contributed by atoms with van der Waals surface area (Å²) < 4.78 is 26.4. The van der Waals surface area contributed by atoms with E-state index in [9.17, 15) is 14.6 Å². The number of β-amino-alcohol motifs (C(OH)–C–C–N with tert-alkyl or cyclic N) is 2. The van der Waals surface area contributed by atoms with Crippen LogP contribution in [-0.2, 0) is 0 Å². The molecule has 10 heteroatoms. The third-order valence-corrected chi connectivity index (χ3v) is 7.16. The first-order valence-electron chi connectivity index (χ1n) is 11.7. The Morgan fingerprint density at radius 1 is 1.06 bits per heavy atom. The molecule has 3 N–H and O–H groups in total. The number of benzene rings is 2. The number of methoxy groups -OCH3 is 1. The smallest absolute Gasteiger partial charge is 0.165 e. The van der Waals surface area contributed by atoms with E-state index in [1.54, 1.807) is 25.3 Å². The number of aliphatic hydroxyl groups is 2. The second-order valence-corrected chi connectivity index (χ2v) is 9.51. The van der Waals surface area contributed by atoms with Crippen molar-refractivity contribution in [3.8, 4) is 11.5 Å². The Balaban J connectivity index is 1.34. The summed E-state index contributed by atoms with van der Waals surface area (Å²) in [7, 11) is 1.58. The summed E-state index contributed by atoms with van der Waals surface area (Å²) in [5, 5.41) is 23.4. The van der Waals surface area contributed by atoms with Crippen LogP contribution in [0.25, 0.3) is 10.9 Å². The van der Waals surface area contributed by atoms with Crippen molar-refractivity contribution in [3.05, 3.63) is 47.5 Å². The highest BCUT2D eigenvalue weighted by Crippen LogP contribution is 2.38. The molecule has 2 aliphatic rings. The van der Waals surface area contributed by atoms with E-state index in [0.29, 0.717) is 47.4 Å². The summed E-state index contributed by atoms with van der Waals surface area (Å²) >= 11 is 5.93. The zero-order valence-electron chi connectivity index (χ0n) is 19.3. The number of nitrogens with zero attached hydrogens (tertiary/aromatic N) is 3. The van der Waals surface area contributed by atoms with E-state index in [1.165, 1.54) is 12.4 Å². The normalized spacial score (nSPS) is 25.1. The molecule has 186 valence electrons. The van der Waals surface area contributed by atoms with Gasteiger partial charge in [-0.15, -0.1) is 0 Å². The number of aromatic nitrogens is 2. The molecule has 5 rings (SSSR count). The Labute approximate surface area is 207 Å². The molecule has 2 fully saturated rings. The Hall–Kier alpha value is -2.72. The van der Waals surface area contributed by atoms with E-state index >= 15 is 0 Å². The van der Waals surface area contributed by atoms with Gasteiger partial charge >= 0.3 is 0 Å². The molecule has 0 spiro atoms. The summed E-state index contributed by atoms with van der Waals surface area (Å²) in [4.78, 5) is 10.8. The predicted molar refractivity (Wildman–Crippen MR) is 131 cm³/mol. The fraction of sp³-hybridized carbons (Fsp3) is 0.440. The van der Waals surface area contributed by atoms with Crippen LogP contribution in [0.1, 0.15) is 25.7 Å². The lowest BCUT2D eigenvalue weighted by molar-refractivity contribution is 0.0572. The second-order valence-electron chi connectivity index (χ2n) is 9.11. The number of ether oxygens (including phenoxy) is 2. The summed E-state index contributed by atoms with van der Waals surface area (Å²) in [6, 6.07) is 8.67. The fourth-order valence-electron chi connectivity index (χ4n) is 4.95. The lowest BCUT2D eigenvalue weighted by atomic mass is 9.92. The van der Waals surface area contributed by atoms with Crippen LogP contribution < -0.4 is 14.8 Å². The molecule has 1 aliphatic carbocycles. The van der Waals surface area contributed by atoms with E-state index < -0.39 is 18.0 Å². The molecule has 1 saturated carbocycles. The van der Waals surface area contributed by atoms with Crippen molar-refractivity contribution in [3.63, 3.8) is 0 Å². The first kappa shape index (κ1) is 24.0. The van der Waals surface area contributed by atoms with E-state index in [1.807, 2.05) is 6.07 Å². The zero-order chi connectivity index (χ0) is 24.5. The van der Waals surface area contributed by atoms with Gasteiger partial charge in [-0.25, -0.2) is 14.4 Å². The topological polar surface area (TPSA) is 100.0 Å². The minimum absolute atomic E-state index is 0.00136. The third-order valence-electron chi connectivity index (χ3n) is 6.87. The number of fused-ring (bicyclic) bond motifs is 1. The monoisotopic (exact) mass is 502 g/mol. The summed E-state index contributed by atoms with van der Waals surface area (Å²) in [5.41, 5.74) is 0.843. The predicted octanol–water partition coefficient (Wildman–Crippen LogP) is 3.90. The van der Waals surface area contributed by atoms with Crippen molar-refractivity contribution in [1.82, 2.24) is 14.9 Å². The minimum atomic E-state index is -0.670. The van der Waals surface area contributed by atoms with Crippen molar-refractivity contribution >= 4 is 34.0 Å². The molecule has 3 aromatic rings. The van der Waals surface area contributed by atoms with Gasteiger partial charge in [0.2, 0.25) is 0 Å². The highest BCUT2D eigenvalue weighted by Gasteiger charge is 2.36. The Kier molecular flexibility index (Phi) is 6.93. The SMILES string of the molecule is COc1cc2ncnc(Nc3cccc(Cl)c3F)c2cc1O[C@H]1CC[C@H](N2C[C@@H](O)[C@H](O)C2)CC1. The van der Waals surface area contributed by atoms with Gasteiger partial charge in [-0.1, -0.05) is 17.7 Å². The van der Waals surface area contributed by atoms with E-state index in [2.05, 4.69) is 20.2 Å². The number of nitrogens with one attached hydrogen (secondary N) is 1. The van der Waals surface area contributed by atoms with Gasteiger partial charge in [-0.2, -0.15) is 0 Å². The molecule has 2 heterocycles. The maximum absolute atomic E-state index is 14.5. The summed E-state index contributed by atoms with van der Waals surface area (Å²) in [5.74, 6) is 1.00. The number of rotatable bonds is 6. The standard InChI is InChI=1S/C25H28ClFN4O4/c1-34-22-10-19-16(25(29-13-28-19)30-18-4-2-3-17(26)24(18)27)9-23(22)35-15-7-5-14(6-8-15)31-11-20(32)21(33)12-31/h2-4,9-10,13-15,20-21,32-33H,5-8,11-12H2,1H3,(H,28,29,30)/t14-,15-,20-,21-/m1/s1. The number of anilines is 2. The van der Waals surface area contributed by atoms with Gasteiger partial charge in [0.05, 0.1) is 41.6 Å². The molecule has 8 nitrogen and oxygen atoms in total. The average molecular weight is 503 g/mol. The van der Waals surface area contributed by atoms with Crippen molar-refractivity contribution in [2.45, 2.75) is 50.0 Å². The third kappa shape index (κ3) is 4.99. The van der Waals surface area contributed by atoms with Crippen LogP contribution >= 0.6 is 11.6 Å². The molecule has 2 atom stereocenters. The molecule has 1 aromatic heterocycles. The van der Waals surface area contributed by atoms with Gasteiger partial charge in [0, 0.05) is 30.6 Å². The quantitative estimate of drug-likeness (QED) is 0.466. The minimum Gasteiger partial charge on any atom is -0.493 e.